The molecule has 0 spiro atoms. The summed E-state index contributed by atoms with van der Waals surface area (Å²) in [5, 5.41) is 3.91. The van der Waals surface area contributed by atoms with Crippen molar-refractivity contribution in [3.63, 3.8) is 0 Å². The molecular formula is C11H12ClN3OS. The molecule has 2 rings (SSSR count). The van der Waals surface area contributed by atoms with Gasteiger partial charge >= 0.3 is 0 Å². The molecule has 0 fully saturated rings. The highest BCUT2D eigenvalue weighted by atomic mass is 35.5. The van der Waals surface area contributed by atoms with Gasteiger partial charge in [0.15, 0.2) is 5.13 Å². The van der Waals surface area contributed by atoms with Crippen LogP contribution in [-0.2, 0) is 4.79 Å². The lowest BCUT2D eigenvalue weighted by atomic mass is 10.2. The number of fused-ring (bicyclic) bond motifs is 1. The van der Waals surface area contributed by atoms with Gasteiger partial charge in [-0.3, -0.25) is 4.79 Å². The predicted octanol–water partition coefficient (Wildman–Crippen LogP) is 2.63. The number of benzene rings is 1. The van der Waals surface area contributed by atoms with E-state index in [-0.39, 0.29) is 5.91 Å². The molecule has 0 aliphatic carbocycles. The van der Waals surface area contributed by atoms with Crippen molar-refractivity contribution in [2.45, 2.75) is 19.4 Å². The molecule has 1 aromatic heterocycles. The monoisotopic (exact) mass is 269 g/mol. The molecule has 0 bridgehead atoms. The molecule has 0 aliphatic heterocycles. The van der Waals surface area contributed by atoms with Gasteiger partial charge in [0, 0.05) is 5.02 Å². The maximum Gasteiger partial charge on any atom is 0.243 e. The molecule has 2 aromatic rings. The smallest absolute Gasteiger partial charge is 0.243 e. The summed E-state index contributed by atoms with van der Waals surface area (Å²) in [7, 11) is 0. The molecule has 90 valence electrons. The van der Waals surface area contributed by atoms with E-state index in [1.165, 1.54) is 11.3 Å². The largest absolute Gasteiger partial charge is 0.320 e. The van der Waals surface area contributed by atoms with Crippen LogP contribution in [0.15, 0.2) is 18.2 Å². The second-order valence-electron chi connectivity index (χ2n) is 3.64. The van der Waals surface area contributed by atoms with E-state index in [1.807, 2.05) is 19.1 Å². The van der Waals surface area contributed by atoms with Crippen LogP contribution in [0.3, 0.4) is 0 Å². The van der Waals surface area contributed by atoms with Gasteiger partial charge in [-0.15, -0.1) is 0 Å². The normalized spacial score (nSPS) is 12.6. The lowest BCUT2D eigenvalue weighted by Crippen LogP contribution is -2.34. The highest BCUT2D eigenvalue weighted by molar-refractivity contribution is 7.22. The van der Waals surface area contributed by atoms with E-state index in [1.54, 1.807) is 6.07 Å². The molecule has 0 unspecified atom stereocenters. The minimum atomic E-state index is -0.495. The molecule has 17 heavy (non-hydrogen) atoms. The molecule has 1 heterocycles. The average molecular weight is 270 g/mol. The molecule has 0 aliphatic rings. The number of nitrogens with zero attached hydrogens (tertiary/aromatic N) is 1. The molecule has 6 heteroatoms. The Kier molecular flexibility index (Phi) is 3.61. The zero-order valence-electron chi connectivity index (χ0n) is 9.24. The Morgan fingerprint density at radius 2 is 2.41 bits per heavy atom. The number of hydrogen-bond acceptors (Lipinski definition) is 4. The third kappa shape index (κ3) is 2.74. The van der Waals surface area contributed by atoms with Gasteiger partial charge < -0.3 is 11.1 Å². The van der Waals surface area contributed by atoms with E-state index in [0.29, 0.717) is 16.6 Å². The number of nitrogens with one attached hydrogen (secondary N) is 1. The molecule has 1 amide bonds. The van der Waals surface area contributed by atoms with Crippen LogP contribution < -0.4 is 11.1 Å². The second kappa shape index (κ2) is 5.00. The van der Waals surface area contributed by atoms with Gasteiger partial charge in [0.2, 0.25) is 5.91 Å². The summed E-state index contributed by atoms with van der Waals surface area (Å²) in [5.41, 5.74) is 6.45. The van der Waals surface area contributed by atoms with Crippen molar-refractivity contribution in [3.05, 3.63) is 23.2 Å². The number of aromatic nitrogens is 1. The van der Waals surface area contributed by atoms with Crippen molar-refractivity contribution < 1.29 is 4.79 Å². The van der Waals surface area contributed by atoms with Gasteiger partial charge in [-0.05, 0) is 24.6 Å². The van der Waals surface area contributed by atoms with Crippen molar-refractivity contribution in [2.24, 2.45) is 5.73 Å². The zero-order valence-corrected chi connectivity index (χ0v) is 10.8. The van der Waals surface area contributed by atoms with Gasteiger partial charge in [0.1, 0.15) is 0 Å². The maximum absolute atomic E-state index is 11.6. The van der Waals surface area contributed by atoms with E-state index in [0.717, 1.165) is 10.2 Å². The van der Waals surface area contributed by atoms with Gasteiger partial charge in [-0.1, -0.05) is 29.9 Å². The number of rotatable bonds is 3. The molecule has 3 N–H and O–H groups in total. The molecular weight excluding hydrogens is 258 g/mol. The fourth-order valence-corrected chi connectivity index (χ4v) is 2.48. The third-order valence-electron chi connectivity index (χ3n) is 2.36. The Bertz CT molecular complexity index is 555. The maximum atomic E-state index is 11.6. The summed E-state index contributed by atoms with van der Waals surface area (Å²) < 4.78 is 0.942. The molecule has 0 saturated heterocycles. The number of halogens is 1. The minimum Gasteiger partial charge on any atom is -0.320 e. The minimum absolute atomic E-state index is 0.211. The van der Waals surface area contributed by atoms with Crippen LogP contribution in [0.1, 0.15) is 13.3 Å². The number of thiazole rings is 1. The van der Waals surface area contributed by atoms with Gasteiger partial charge in [0.05, 0.1) is 16.3 Å². The first kappa shape index (κ1) is 12.3. The van der Waals surface area contributed by atoms with E-state index < -0.39 is 6.04 Å². The first-order valence-electron chi connectivity index (χ1n) is 5.22. The molecule has 4 nitrogen and oxygen atoms in total. The van der Waals surface area contributed by atoms with Gasteiger partial charge in [-0.25, -0.2) is 4.98 Å². The highest BCUT2D eigenvalue weighted by Crippen LogP contribution is 2.28. The predicted molar refractivity (Wildman–Crippen MR) is 71.5 cm³/mol. The Balaban J connectivity index is 2.22. The van der Waals surface area contributed by atoms with Crippen LogP contribution in [0.25, 0.3) is 10.2 Å². The average Bonchev–Trinajstić information content (AvgIpc) is 2.69. The summed E-state index contributed by atoms with van der Waals surface area (Å²) in [6.07, 6.45) is 0.600. The SMILES string of the molecule is CC[C@@H](N)C(=O)Nc1nc2ccc(Cl)cc2s1. The standard InChI is InChI=1S/C11H12ClN3OS/c1-2-7(13)10(16)15-11-14-8-4-3-6(12)5-9(8)17-11/h3-5,7H,2,13H2,1H3,(H,14,15,16)/t7-/m1/s1. The summed E-state index contributed by atoms with van der Waals surface area (Å²) >= 11 is 7.26. The van der Waals surface area contributed by atoms with Crippen LogP contribution in [-0.4, -0.2) is 16.9 Å². The Morgan fingerprint density at radius 1 is 1.65 bits per heavy atom. The van der Waals surface area contributed by atoms with Crippen LogP contribution in [0.5, 0.6) is 0 Å². The Hall–Kier alpha value is -1.17. The number of anilines is 1. The van der Waals surface area contributed by atoms with Crippen molar-refractivity contribution in [3.8, 4) is 0 Å². The van der Waals surface area contributed by atoms with Gasteiger partial charge in [-0.2, -0.15) is 0 Å². The summed E-state index contributed by atoms with van der Waals surface area (Å²) in [4.78, 5) is 15.9. The van der Waals surface area contributed by atoms with Crippen LogP contribution in [0.2, 0.25) is 5.02 Å². The summed E-state index contributed by atoms with van der Waals surface area (Å²) in [6, 6.07) is 4.92. The lowest BCUT2D eigenvalue weighted by Gasteiger charge is -2.06. The molecule has 0 saturated carbocycles. The lowest BCUT2D eigenvalue weighted by molar-refractivity contribution is -0.117. The first-order valence-corrected chi connectivity index (χ1v) is 6.42. The van der Waals surface area contributed by atoms with E-state index >= 15 is 0 Å². The number of carbonyl (C=O) groups is 1. The first-order chi connectivity index (χ1) is 8.10. The van der Waals surface area contributed by atoms with Crippen LogP contribution in [0, 0.1) is 0 Å². The van der Waals surface area contributed by atoms with E-state index in [4.69, 9.17) is 17.3 Å². The van der Waals surface area contributed by atoms with E-state index in [9.17, 15) is 4.79 Å². The summed E-state index contributed by atoms with van der Waals surface area (Å²) in [5.74, 6) is -0.211. The highest BCUT2D eigenvalue weighted by Gasteiger charge is 2.13. The zero-order chi connectivity index (χ0) is 12.4. The Morgan fingerprint density at radius 3 is 3.12 bits per heavy atom. The van der Waals surface area contributed by atoms with Crippen LogP contribution >= 0.6 is 22.9 Å². The number of nitrogens with two attached hydrogens (primary N) is 1. The summed E-state index contributed by atoms with van der Waals surface area (Å²) in [6.45, 7) is 1.86. The quantitative estimate of drug-likeness (QED) is 0.900. The van der Waals surface area contributed by atoms with Crippen molar-refractivity contribution in [1.82, 2.24) is 4.98 Å². The second-order valence-corrected chi connectivity index (χ2v) is 5.10. The molecule has 0 radical (unpaired) electrons. The van der Waals surface area contributed by atoms with Crippen LogP contribution in [0.4, 0.5) is 5.13 Å². The number of amides is 1. The van der Waals surface area contributed by atoms with Crippen molar-refractivity contribution >= 4 is 44.2 Å². The fraction of sp³-hybridized carbons (Fsp3) is 0.273. The fourth-order valence-electron chi connectivity index (χ4n) is 1.34. The van der Waals surface area contributed by atoms with Crippen molar-refractivity contribution in [1.29, 1.82) is 0 Å². The number of carbonyl (C=O) groups excluding carboxylic acids is 1. The number of hydrogen-bond donors (Lipinski definition) is 2. The molecule has 1 atom stereocenters. The van der Waals surface area contributed by atoms with E-state index in [2.05, 4.69) is 10.3 Å². The van der Waals surface area contributed by atoms with Crippen molar-refractivity contribution in [2.75, 3.05) is 5.32 Å². The molecule has 1 aromatic carbocycles. The Labute approximate surface area is 108 Å². The van der Waals surface area contributed by atoms with Gasteiger partial charge in [0.25, 0.3) is 0 Å². The topological polar surface area (TPSA) is 68.0 Å². The third-order valence-corrected chi connectivity index (χ3v) is 3.53.